The first kappa shape index (κ1) is 24.5. The van der Waals surface area contributed by atoms with Crippen LogP contribution >= 0.6 is 23.2 Å². The number of likely N-dealkylation sites (N-methyl/N-ethyl adjacent to an activating group) is 1. The van der Waals surface area contributed by atoms with Gasteiger partial charge in [-0.15, -0.1) is 0 Å². The van der Waals surface area contributed by atoms with Crippen LogP contribution in [0.25, 0.3) is 0 Å². The summed E-state index contributed by atoms with van der Waals surface area (Å²) in [7, 11) is 1.54. The number of hydrogen-bond donors (Lipinski definition) is 1. The van der Waals surface area contributed by atoms with Crippen LogP contribution in [0.15, 0.2) is 54.7 Å². The Morgan fingerprint density at radius 1 is 1.14 bits per heavy atom. The Hall–Kier alpha value is -4.20. The van der Waals surface area contributed by atoms with Crippen molar-refractivity contribution in [2.45, 2.75) is 11.5 Å². The van der Waals surface area contributed by atoms with Crippen molar-refractivity contribution >= 4 is 52.7 Å². The van der Waals surface area contributed by atoms with Crippen molar-refractivity contribution in [3.63, 3.8) is 0 Å². The van der Waals surface area contributed by atoms with Gasteiger partial charge in [0.1, 0.15) is 5.54 Å². The van der Waals surface area contributed by atoms with Crippen molar-refractivity contribution in [2.75, 3.05) is 29.9 Å². The molecular weight excluding hydrogens is 519 g/mol. The van der Waals surface area contributed by atoms with Gasteiger partial charge in [0, 0.05) is 35.8 Å². The lowest BCUT2D eigenvalue weighted by Gasteiger charge is -2.33. The molecular formula is C25H18Cl2N6O4. The fourth-order valence-corrected chi connectivity index (χ4v) is 5.49. The third-order valence-corrected chi connectivity index (χ3v) is 7.19. The van der Waals surface area contributed by atoms with Crippen molar-refractivity contribution in [3.05, 3.63) is 81.6 Å². The van der Waals surface area contributed by atoms with E-state index in [4.69, 9.17) is 23.2 Å². The first-order valence-electron chi connectivity index (χ1n) is 11.1. The van der Waals surface area contributed by atoms with Gasteiger partial charge in [0.05, 0.1) is 23.9 Å². The Kier molecular flexibility index (Phi) is 5.98. The van der Waals surface area contributed by atoms with E-state index in [1.807, 2.05) is 0 Å². The molecule has 186 valence electrons. The largest absolute Gasteiger partial charge is 0.477 e. The first-order chi connectivity index (χ1) is 17.6. The molecule has 3 heterocycles. The maximum Gasteiger partial charge on any atom is 0.354 e. The minimum absolute atomic E-state index is 0.00656. The van der Waals surface area contributed by atoms with Gasteiger partial charge >= 0.3 is 12.0 Å². The van der Waals surface area contributed by atoms with Crippen LogP contribution in [0.1, 0.15) is 27.5 Å². The summed E-state index contributed by atoms with van der Waals surface area (Å²) in [5, 5.41) is 19.1. The normalized spacial score (nSPS) is 21.1. The van der Waals surface area contributed by atoms with E-state index in [0.717, 1.165) is 10.5 Å². The molecule has 1 aromatic heterocycles. The summed E-state index contributed by atoms with van der Waals surface area (Å²) in [5.74, 6) is -2.15. The summed E-state index contributed by atoms with van der Waals surface area (Å²) in [4.78, 5) is 51.7. The van der Waals surface area contributed by atoms with E-state index in [9.17, 15) is 24.8 Å². The van der Waals surface area contributed by atoms with E-state index >= 15 is 0 Å². The first-order valence-corrected chi connectivity index (χ1v) is 11.8. The molecule has 37 heavy (non-hydrogen) atoms. The number of nitriles is 1. The Morgan fingerprint density at radius 3 is 2.43 bits per heavy atom. The molecule has 0 saturated carbocycles. The Labute approximate surface area is 221 Å². The van der Waals surface area contributed by atoms with Gasteiger partial charge in [0.25, 0.3) is 5.91 Å². The zero-order valence-corrected chi connectivity index (χ0v) is 20.8. The highest BCUT2D eigenvalue weighted by Gasteiger charge is 2.64. The van der Waals surface area contributed by atoms with E-state index in [2.05, 4.69) is 16.0 Å². The van der Waals surface area contributed by atoms with Gasteiger partial charge in [-0.2, -0.15) is 5.26 Å². The predicted molar refractivity (Wildman–Crippen MR) is 135 cm³/mol. The Morgan fingerprint density at radius 2 is 1.81 bits per heavy atom. The minimum atomic E-state index is -1.39. The highest BCUT2D eigenvalue weighted by molar-refractivity contribution is 6.35. The number of aromatic carboxylic acids is 1. The van der Waals surface area contributed by atoms with Crippen molar-refractivity contribution in [1.82, 2.24) is 14.9 Å². The lowest BCUT2D eigenvalue weighted by Crippen LogP contribution is -2.53. The molecule has 2 aliphatic heterocycles. The number of carboxylic acid groups (broad SMARTS) is 1. The molecule has 3 amide bonds. The molecule has 10 nitrogen and oxygen atoms in total. The average molecular weight is 537 g/mol. The van der Waals surface area contributed by atoms with Gasteiger partial charge < -0.3 is 14.9 Å². The summed E-state index contributed by atoms with van der Waals surface area (Å²) < 4.78 is 0. The summed E-state index contributed by atoms with van der Waals surface area (Å²) >= 11 is 12.3. The van der Waals surface area contributed by atoms with Gasteiger partial charge in [-0.3, -0.25) is 4.79 Å². The third kappa shape index (κ3) is 3.93. The fourth-order valence-electron chi connectivity index (χ4n) is 4.98. The van der Waals surface area contributed by atoms with Crippen molar-refractivity contribution in [3.8, 4) is 6.07 Å². The molecule has 2 aromatic carbocycles. The Bertz CT molecular complexity index is 1470. The molecule has 2 fully saturated rings. The summed E-state index contributed by atoms with van der Waals surface area (Å²) in [6, 6.07) is 14.0. The van der Waals surface area contributed by atoms with Gasteiger partial charge in [0.2, 0.25) is 5.95 Å². The van der Waals surface area contributed by atoms with Gasteiger partial charge in [-0.1, -0.05) is 35.3 Å². The lowest BCUT2D eigenvalue weighted by molar-refractivity contribution is -0.124. The second-order valence-electron chi connectivity index (χ2n) is 8.75. The van der Waals surface area contributed by atoms with Crippen LogP contribution in [0.2, 0.25) is 10.0 Å². The van der Waals surface area contributed by atoms with Crippen molar-refractivity contribution in [1.29, 1.82) is 5.26 Å². The molecule has 2 aliphatic rings. The molecule has 2 saturated heterocycles. The third-order valence-electron chi connectivity index (χ3n) is 6.75. The van der Waals surface area contributed by atoms with Crippen LogP contribution in [0.5, 0.6) is 0 Å². The van der Waals surface area contributed by atoms with Gasteiger partial charge in [-0.05, 0) is 42.0 Å². The molecule has 2 atom stereocenters. The lowest BCUT2D eigenvalue weighted by atomic mass is 9.80. The summed E-state index contributed by atoms with van der Waals surface area (Å²) in [6.07, 6.45) is 1.33. The van der Waals surface area contributed by atoms with Crippen molar-refractivity contribution < 1.29 is 19.5 Å². The number of amides is 3. The molecule has 1 spiro atoms. The number of carbonyl (C=O) groups is 3. The van der Waals surface area contributed by atoms with Crippen molar-refractivity contribution in [2.24, 2.45) is 0 Å². The van der Waals surface area contributed by atoms with Gasteiger partial charge in [0.15, 0.2) is 5.69 Å². The number of imide groups is 1. The summed E-state index contributed by atoms with van der Waals surface area (Å²) in [6.45, 7) is 0.217. The maximum absolute atomic E-state index is 14.2. The number of nitrogens with zero attached hydrogens (tertiary/aromatic N) is 6. The summed E-state index contributed by atoms with van der Waals surface area (Å²) in [5.41, 5.74) is -0.184. The van der Waals surface area contributed by atoms with E-state index in [1.165, 1.54) is 35.4 Å². The van der Waals surface area contributed by atoms with Gasteiger partial charge in [-0.25, -0.2) is 24.5 Å². The Balaban J connectivity index is 1.64. The zero-order chi connectivity index (χ0) is 26.5. The number of aromatic nitrogens is 2. The number of carboxylic acids is 1. The molecule has 1 N–H and O–H groups in total. The number of anilines is 2. The highest BCUT2D eigenvalue weighted by Crippen LogP contribution is 2.47. The molecule has 3 aromatic rings. The average Bonchev–Trinajstić information content (AvgIpc) is 3.37. The SMILES string of the molecule is CN1C(=O)N(c2cc(Cl)cc(Cl)c2)C(=O)C12CN(c1nccc(C(=O)O)n1)CC2c1ccc(C#N)cc1. The van der Waals surface area contributed by atoms with Crippen LogP contribution in [0.4, 0.5) is 16.4 Å². The molecule has 0 bridgehead atoms. The molecule has 2 unspecified atom stereocenters. The van der Waals surface area contributed by atoms with Crippen LogP contribution in [0.3, 0.4) is 0 Å². The zero-order valence-electron chi connectivity index (χ0n) is 19.3. The molecule has 0 aliphatic carbocycles. The monoisotopic (exact) mass is 536 g/mol. The number of rotatable bonds is 4. The molecule has 0 radical (unpaired) electrons. The number of halogens is 2. The number of urea groups is 1. The maximum atomic E-state index is 14.2. The molecule has 12 heteroatoms. The number of carbonyl (C=O) groups excluding carboxylic acids is 2. The number of benzene rings is 2. The second kappa shape index (κ2) is 9.03. The fraction of sp³-hybridized carbons (Fsp3) is 0.200. The van der Waals surface area contributed by atoms with Crippen LogP contribution in [0, 0.1) is 11.3 Å². The van der Waals surface area contributed by atoms with E-state index < -0.39 is 29.4 Å². The smallest absolute Gasteiger partial charge is 0.354 e. The topological polar surface area (TPSA) is 131 Å². The van der Waals surface area contributed by atoms with Crippen LogP contribution in [-0.2, 0) is 4.79 Å². The number of hydrogen-bond acceptors (Lipinski definition) is 7. The minimum Gasteiger partial charge on any atom is -0.477 e. The van der Waals surface area contributed by atoms with Crippen LogP contribution < -0.4 is 9.80 Å². The standard InChI is InChI=1S/C25H18Cl2N6O4/c1-31-24(37)33(18-9-16(26)8-17(27)10-18)22(36)25(31)13-32(23-29-7-6-20(30-23)21(34)35)12-19(25)15-4-2-14(11-28)3-5-15/h2-10,19H,12-13H2,1H3,(H,34,35). The highest BCUT2D eigenvalue weighted by atomic mass is 35.5. The quantitative estimate of drug-likeness (QED) is 0.498. The second-order valence-corrected chi connectivity index (χ2v) is 9.62. The molecule has 5 rings (SSSR count). The van der Waals surface area contributed by atoms with E-state index in [0.29, 0.717) is 5.56 Å². The van der Waals surface area contributed by atoms with E-state index in [-0.39, 0.29) is 40.5 Å². The van der Waals surface area contributed by atoms with E-state index in [1.54, 1.807) is 36.2 Å². The predicted octanol–water partition coefficient (Wildman–Crippen LogP) is 3.79. The van der Waals surface area contributed by atoms with Crippen LogP contribution in [-0.4, -0.2) is 63.6 Å².